The second kappa shape index (κ2) is 24.6. The number of ether oxygens (including phenoxy) is 6. The first-order valence-electron chi connectivity index (χ1n) is 21.1. The van der Waals surface area contributed by atoms with Crippen LogP contribution < -0.4 is 20.7 Å². The Labute approximate surface area is 351 Å². The third-order valence-corrected chi connectivity index (χ3v) is 11.1. The van der Waals surface area contributed by atoms with Gasteiger partial charge in [0.15, 0.2) is 12.6 Å². The summed E-state index contributed by atoms with van der Waals surface area (Å²) in [4.78, 5) is 38.0. The van der Waals surface area contributed by atoms with Crippen molar-refractivity contribution in [2.45, 2.75) is 177 Å². The van der Waals surface area contributed by atoms with Gasteiger partial charge in [0.1, 0.15) is 72.8 Å². The number of rotatable bonds is 22. The molecule has 3 aliphatic rings. The number of carbonyl (C=O) groups is 3. The molecule has 3 heterocycles. The van der Waals surface area contributed by atoms with Gasteiger partial charge in [0, 0.05) is 19.4 Å². The molecule has 1 aromatic carbocycles. The predicted molar refractivity (Wildman–Crippen MR) is 212 cm³/mol. The molecule has 0 saturated carbocycles. The molecule has 4 rings (SSSR count). The first-order valence-corrected chi connectivity index (χ1v) is 21.1. The van der Waals surface area contributed by atoms with Gasteiger partial charge in [-0.3, -0.25) is 14.4 Å². The minimum Gasteiger partial charge on any atom is -0.494 e. The summed E-state index contributed by atoms with van der Waals surface area (Å²) in [6.07, 6.45) is -7.30. The van der Waals surface area contributed by atoms with Crippen LogP contribution in [0.1, 0.15) is 95.8 Å². The van der Waals surface area contributed by atoms with Crippen molar-refractivity contribution in [2.24, 2.45) is 0 Å². The summed E-state index contributed by atoms with van der Waals surface area (Å²) in [6, 6.07) is 2.41. The molecular formula is C41H67N3O16. The van der Waals surface area contributed by atoms with Gasteiger partial charge in [0.25, 0.3) is 5.91 Å². The number of nitrogens with one attached hydrogen (secondary N) is 3. The van der Waals surface area contributed by atoms with Crippen molar-refractivity contribution < 1.29 is 78.6 Å². The zero-order chi connectivity index (χ0) is 43.9. The molecule has 342 valence electrons. The highest BCUT2D eigenvalue weighted by Crippen LogP contribution is 2.33. The molecule has 3 aliphatic heterocycles. The Bertz CT molecular complexity index is 1480. The number of carbonyl (C=O) groups excluding carboxylic acids is 3. The highest BCUT2D eigenvalue weighted by Gasteiger charge is 2.54. The van der Waals surface area contributed by atoms with Gasteiger partial charge in [-0.05, 0) is 31.5 Å². The second-order valence-corrected chi connectivity index (χ2v) is 15.8. The molecule has 0 bridgehead atoms. The molecule has 3 saturated heterocycles. The monoisotopic (exact) mass is 857 g/mol. The smallest absolute Gasteiger partial charge is 0.251 e. The van der Waals surface area contributed by atoms with Crippen molar-refractivity contribution >= 4 is 17.7 Å². The second-order valence-electron chi connectivity index (χ2n) is 15.8. The topological polar surface area (TPSA) is 284 Å². The van der Waals surface area contributed by atoms with Crippen molar-refractivity contribution in [1.82, 2.24) is 16.0 Å². The lowest BCUT2D eigenvalue weighted by Gasteiger charge is -2.50. The fourth-order valence-corrected chi connectivity index (χ4v) is 7.86. The van der Waals surface area contributed by atoms with E-state index in [-0.39, 0.29) is 5.56 Å². The van der Waals surface area contributed by atoms with E-state index >= 15 is 0 Å². The molecule has 10 N–H and O–H groups in total. The quantitative estimate of drug-likeness (QED) is 0.0635. The van der Waals surface area contributed by atoms with Crippen LogP contribution >= 0.6 is 0 Å². The number of benzene rings is 1. The molecular weight excluding hydrogens is 790 g/mol. The van der Waals surface area contributed by atoms with Gasteiger partial charge in [0.05, 0.1) is 38.6 Å². The van der Waals surface area contributed by atoms with Crippen LogP contribution in [0.15, 0.2) is 24.3 Å². The summed E-state index contributed by atoms with van der Waals surface area (Å²) >= 11 is 0. The molecule has 3 fully saturated rings. The highest BCUT2D eigenvalue weighted by atomic mass is 16.7. The standard InChI is InChI=1S/C41H67N3O16/c1-5-6-7-8-9-10-11-12-13-17-55-26-16-14-15-25(18-26)39(54)44-31-34(51)33(50)27(19-45)57-40(31)60-38-29(21-47)58-41(32(36(38)53)43-24(4)49)59-37-28(20-46)56-22(2)30(35(37)52)42-23(3)48/h14-16,18,22,27-38,40-41,45-47,50-53H,5-13,17,19-21H2,1-4H3,(H,42,48)(H,43,49)(H,44,54)/t22-,27?,28?,29-,30?,31?,32?,33+,34+,35+,36?,37+,38+,40-,41-/m0/s1. The van der Waals surface area contributed by atoms with E-state index in [2.05, 4.69) is 22.9 Å². The average molecular weight is 858 g/mol. The minimum absolute atomic E-state index is 0.148. The van der Waals surface area contributed by atoms with Crippen LogP contribution in [0, 0.1) is 0 Å². The van der Waals surface area contributed by atoms with Gasteiger partial charge in [-0.1, -0.05) is 64.4 Å². The third-order valence-electron chi connectivity index (χ3n) is 11.1. The molecule has 3 amide bonds. The molecule has 0 spiro atoms. The van der Waals surface area contributed by atoms with Crippen molar-refractivity contribution in [3.63, 3.8) is 0 Å². The predicted octanol–water partition coefficient (Wildman–Crippen LogP) is -0.868. The van der Waals surface area contributed by atoms with Crippen molar-refractivity contribution in [1.29, 1.82) is 0 Å². The largest absolute Gasteiger partial charge is 0.494 e. The van der Waals surface area contributed by atoms with E-state index < -0.39 is 129 Å². The molecule has 0 radical (unpaired) electrons. The zero-order valence-corrected chi connectivity index (χ0v) is 35.0. The van der Waals surface area contributed by atoms with Crippen molar-refractivity contribution in [3.05, 3.63) is 29.8 Å². The summed E-state index contributed by atoms with van der Waals surface area (Å²) < 4.78 is 35.7. The molecule has 60 heavy (non-hydrogen) atoms. The van der Waals surface area contributed by atoms with Crippen LogP contribution in [0.5, 0.6) is 5.75 Å². The maximum Gasteiger partial charge on any atom is 0.251 e. The minimum atomic E-state index is -1.78. The van der Waals surface area contributed by atoms with Crippen LogP contribution in [0.2, 0.25) is 0 Å². The number of amides is 3. The SMILES string of the molecule is CCCCCCCCCCCOc1cccc(C(=O)NC2[C@H](O[C@H]3C(O)C(NC(C)=O)[C@H](O[C@@H]4C(CO)O[C@@H](C)C(NC(C)=O)[C@H]4O)O[C@H]3CO)OC(CO)[C@@H](O)[C@@H]2O)c1. The number of aliphatic hydroxyl groups is 7. The van der Waals surface area contributed by atoms with E-state index in [4.69, 9.17) is 28.4 Å². The van der Waals surface area contributed by atoms with Crippen LogP contribution in [0.3, 0.4) is 0 Å². The zero-order valence-electron chi connectivity index (χ0n) is 35.0. The highest BCUT2D eigenvalue weighted by molar-refractivity contribution is 5.94. The number of unbranched alkanes of at least 4 members (excludes halogenated alkanes) is 8. The molecule has 19 nitrogen and oxygen atoms in total. The lowest BCUT2D eigenvalue weighted by molar-refractivity contribution is -0.346. The Morgan fingerprint density at radius 1 is 0.633 bits per heavy atom. The Morgan fingerprint density at radius 2 is 1.13 bits per heavy atom. The van der Waals surface area contributed by atoms with Gasteiger partial charge in [-0.15, -0.1) is 0 Å². The number of hydrogen-bond donors (Lipinski definition) is 10. The third kappa shape index (κ3) is 13.5. The summed E-state index contributed by atoms with van der Waals surface area (Å²) in [6.45, 7) is 4.41. The molecule has 0 aromatic heterocycles. The van der Waals surface area contributed by atoms with Crippen LogP contribution in [-0.4, -0.2) is 172 Å². The summed E-state index contributed by atoms with van der Waals surface area (Å²) in [7, 11) is 0. The average Bonchev–Trinajstić information content (AvgIpc) is 3.22. The number of aliphatic hydroxyl groups excluding tert-OH is 7. The number of hydrogen-bond acceptors (Lipinski definition) is 16. The van der Waals surface area contributed by atoms with Gasteiger partial charge in [-0.25, -0.2) is 0 Å². The fourth-order valence-electron chi connectivity index (χ4n) is 7.86. The Morgan fingerprint density at radius 3 is 1.70 bits per heavy atom. The van der Waals surface area contributed by atoms with E-state index in [9.17, 15) is 50.1 Å². The molecule has 15 atom stereocenters. The molecule has 0 aliphatic carbocycles. The maximum atomic E-state index is 13.6. The first-order chi connectivity index (χ1) is 28.7. The summed E-state index contributed by atoms with van der Waals surface area (Å²) in [5, 5.41) is 83.3. The fraction of sp³-hybridized carbons (Fsp3) is 0.780. The van der Waals surface area contributed by atoms with Gasteiger partial charge in [-0.2, -0.15) is 0 Å². The summed E-state index contributed by atoms with van der Waals surface area (Å²) in [5.41, 5.74) is 0.148. The van der Waals surface area contributed by atoms with Crippen molar-refractivity contribution in [3.8, 4) is 5.75 Å². The van der Waals surface area contributed by atoms with E-state index in [1.807, 2.05) is 0 Å². The molecule has 19 heteroatoms. The Balaban J connectivity index is 1.47. The van der Waals surface area contributed by atoms with E-state index in [0.29, 0.717) is 12.4 Å². The normalized spacial score (nSPS) is 34.4. The maximum absolute atomic E-state index is 13.6. The first kappa shape index (κ1) is 49.6. The van der Waals surface area contributed by atoms with E-state index in [1.54, 1.807) is 19.1 Å². The van der Waals surface area contributed by atoms with Gasteiger partial charge in [0.2, 0.25) is 11.8 Å². The van der Waals surface area contributed by atoms with Crippen LogP contribution in [-0.2, 0) is 33.3 Å². The lowest BCUT2D eigenvalue weighted by Crippen LogP contribution is -2.70. The molecule has 6 unspecified atom stereocenters. The lowest BCUT2D eigenvalue weighted by atomic mass is 9.92. The Kier molecular flexibility index (Phi) is 20.3. The summed E-state index contributed by atoms with van der Waals surface area (Å²) in [5.74, 6) is -1.39. The van der Waals surface area contributed by atoms with Crippen LogP contribution in [0.25, 0.3) is 0 Å². The van der Waals surface area contributed by atoms with Gasteiger partial charge >= 0.3 is 0 Å². The van der Waals surface area contributed by atoms with E-state index in [0.717, 1.165) is 26.2 Å². The van der Waals surface area contributed by atoms with Gasteiger partial charge < -0.3 is 80.1 Å². The Hall–Kier alpha value is -3.05. The van der Waals surface area contributed by atoms with Crippen molar-refractivity contribution in [2.75, 3.05) is 26.4 Å². The molecule has 1 aromatic rings. The van der Waals surface area contributed by atoms with Crippen LogP contribution in [0.4, 0.5) is 0 Å². The van der Waals surface area contributed by atoms with E-state index in [1.165, 1.54) is 57.6 Å².